The quantitative estimate of drug-likeness (QED) is 0.852. The maximum atomic E-state index is 5.14. The molecule has 1 aromatic rings. The molecule has 1 aliphatic carbocycles. The minimum absolute atomic E-state index is 0.610. The van der Waals surface area contributed by atoms with Gasteiger partial charge in [0.1, 0.15) is 0 Å². The predicted molar refractivity (Wildman–Crippen MR) is 76.7 cm³/mol. The van der Waals surface area contributed by atoms with E-state index in [2.05, 4.69) is 27.2 Å². The summed E-state index contributed by atoms with van der Waals surface area (Å²) >= 11 is 0. The number of nitrogens with zero attached hydrogens (tertiary/aromatic N) is 3. The number of aryl methyl sites for hydroxylation is 1. The zero-order valence-corrected chi connectivity index (χ0v) is 12.1. The third-order valence-corrected chi connectivity index (χ3v) is 3.74. The molecule has 19 heavy (non-hydrogen) atoms. The molecule has 1 heterocycles. The van der Waals surface area contributed by atoms with E-state index in [1.54, 1.807) is 7.11 Å². The minimum Gasteiger partial charge on any atom is -0.481 e. The summed E-state index contributed by atoms with van der Waals surface area (Å²) in [6.07, 6.45) is 5.43. The molecule has 5 nitrogen and oxygen atoms in total. The van der Waals surface area contributed by atoms with Crippen LogP contribution in [-0.4, -0.2) is 48.2 Å². The monoisotopic (exact) mass is 264 g/mol. The maximum Gasteiger partial charge on any atom is 0.226 e. The summed E-state index contributed by atoms with van der Waals surface area (Å²) in [7, 11) is 3.83. The standard InChI is InChI=1S/C14H24N4O/c1-11-10-13(19-3)17-14(16-11)15-8-9-18(2)12-6-4-5-7-12/h10,12H,4-9H2,1-3H3,(H,15,16,17). The van der Waals surface area contributed by atoms with Crippen LogP contribution in [0.4, 0.5) is 5.95 Å². The second-order valence-corrected chi connectivity index (χ2v) is 5.22. The second-order valence-electron chi connectivity index (χ2n) is 5.22. The van der Waals surface area contributed by atoms with Crippen LogP contribution in [0, 0.1) is 6.92 Å². The fourth-order valence-electron chi connectivity index (χ4n) is 2.59. The summed E-state index contributed by atoms with van der Waals surface area (Å²) in [5, 5.41) is 3.27. The van der Waals surface area contributed by atoms with Crippen LogP contribution in [0.25, 0.3) is 0 Å². The van der Waals surface area contributed by atoms with Gasteiger partial charge in [0.05, 0.1) is 7.11 Å². The zero-order chi connectivity index (χ0) is 13.7. The molecule has 0 unspecified atom stereocenters. The Morgan fingerprint density at radius 3 is 2.79 bits per heavy atom. The lowest BCUT2D eigenvalue weighted by Crippen LogP contribution is -2.33. The van der Waals surface area contributed by atoms with Gasteiger partial charge in [-0.05, 0) is 26.8 Å². The second kappa shape index (κ2) is 6.70. The average Bonchev–Trinajstić information content (AvgIpc) is 2.92. The van der Waals surface area contributed by atoms with Gasteiger partial charge in [0.15, 0.2) is 0 Å². The number of nitrogens with one attached hydrogen (secondary N) is 1. The Morgan fingerprint density at radius 2 is 2.11 bits per heavy atom. The van der Waals surface area contributed by atoms with Crippen LogP contribution in [-0.2, 0) is 0 Å². The Kier molecular flexibility index (Phi) is 4.96. The number of anilines is 1. The van der Waals surface area contributed by atoms with Crippen molar-refractivity contribution in [2.75, 3.05) is 32.6 Å². The first-order valence-electron chi connectivity index (χ1n) is 7.03. The number of ether oxygens (including phenoxy) is 1. The molecule has 1 N–H and O–H groups in total. The summed E-state index contributed by atoms with van der Waals surface area (Å²) in [6, 6.07) is 2.59. The number of aromatic nitrogens is 2. The molecule has 1 aliphatic rings. The number of rotatable bonds is 6. The van der Waals surface area contributed by atoms with Gasteiger partial charge in [0.25, 0.3) is 0 Å². The summed E-state index contributed by atoms with van der Waals surface area (Å²) < 4.78 is 5.14. The molecule has 106 valence electrons. The fourth-order valence-corrected chi connectivity index (χ4v) is 2.59. The lowest BCUT2D eigenvalue weighted by Gasteiger charge is -2.23. The van der Waals surface area contributed by atoms with Crippen molar-refractivity contribution in [1.29, 1.82) is 0 Å². The van der Waals surface area contributed by atoms with E-state index in [0.717, 1.165) is 24.8 Å². The van der Waals surface area contributed by atoms with E-state index in [1.807, 2.05) is 13.0 Å². The van der Waals surface area contributed by atoms with Gasteiger partial charge in [0, 0.05) is 30.9 Å². The van der Waals surface area contributed by atoms with E-state index in [0.29, 0.717) is 11.8 Å². The lowest BCUT2D eigenvalue weighted by atomic mass is 10.2. The van der Waals surface area contributed by atoms with Crippen LogP contribution in [0.1, 0.15) is 31.4 Å². The van der Waals surface area contributed by atoms with E-state index in [4.69, 9.17) is 4.74 Å². The number of hydrogen-bond donors (Lipinski definition) is 1. The Balaban J connectivity index is 1.80. The number of hydrogen-bond acceptors (Lipinski definition) is 5. The van der Waals surface area contributed by atoms with E-state index >= 15 is 0 Å². The van der Waals surface area contributed by atoms with Crippen LogP contribution < -0.4 is 10.1 Å². The Labute approximate surface area is 115 Å². The van der Waals surface area contributed by atoms with Crippen molar-refractivity contribution in [3.8, 4) is 5.88 Å². The molecule has 0 radical (unpaired) electrons. The van der Waals surface area contributed by atoms with E-state index in [-0.39, 0.29) is 0 Å². The highest BCUT2D eigenvalue weighted by atomic mass is 16.5. The first-order valence-corrected chi connectivity index (χ1v) is 7.03. The predicted octanol–water partition coefficient (Wildman–Crippen LogP) is 2.08. The molecule has 0 bridgehead atoms. The smallest absolute Gasteiger partial charge is 0.226 e. The highest BCUT2D eigenvalue weighted by molar-refractivity contribution is 5.30. The highest BCUT2D eigenvalue weighted by Gasteiger charge is 2.18. The molecule has 0 atom stereocenters. The van der Waals surface area contributed by atoms with E-state index in [1.165, 1.54) is 25.7 Å². The van der Waals surface area contributed by atoms with Crippen molar-refractivity contribution in [1.82, 2.24) is 14.9 Å². The van der Waals surface area contributed by atoms with E-state index < -0.39 is 0 Å². The van der Waals surface area contributed by atoms with Gasteiger partial charge in [-0.2, -0.15) is 4.98 Å². The largest absolute Gasteiger partial charge is 0.481 e. The molecule has 2 rings (SSSR count). The lowest BCUT2D eigenvalue weighted by molar-refractivity contribution is 0.254. The topological polar surface area (TPSA) is 50.3 Å². The molecular formula is C14H24N4O. The highest BCUT2D eigenvalue weighted by Crippen LogP contribution is 2.21. The molecule has 0 amide bonds. The molecule has 1 aromatic heterocycles. The van der Waals surface area contributed by atoms with Gasteiger partial charge in [-0.15, -0.1) is 0 Å². The summed E-state index contributed by atoms with van der Waals surface area (Å²) in [5.74, 6) is 1.26. The van der Waals surface area contributed by atoms with Crippen molar-refractivity contribution in [3.05, 3.63) is 11.8 Å². The average molecular weight is 264 g/mol. The molecule has 0 aromatic carbocycles. The van der Waals surface area contributed by atoms with Crippen molar-refractivity contribution >= 4 is 5.95 Å². The molecule has 0 saturated heterocycles. The first-order chi connectivity index (χ1) is 9.19. The van der Waals surface area contributed by atoms with Crippen LogP contribution in [0.5, 0.6) is 5.88 Å². The van der Waals surface area contributed by atoms with Gasteiger partial charge < -0.3 is 15.0 Å². The van der Waals surface area contributed by atoms with Crippen LogP contribution in [0.2, 0.25) is 0 Å². The van der Waals surface area contributed by atoms with Crippen molar-refractivity contribution in [3.63, 3.8) is 0 Å². The molecule has 0 spiro atoms. The third-order valence-electron chi connectivity index (χ3n) is 3.74. The Bertz CT molecular complexity index is 404. The maximum absolute atomic E-state index is 5.14. The van der Waals surface area contributed by atoms with Gasteiger partial charge in [-0.1, -0.05) is 12.8 Å². The normalized spacial score (nSPS) is 16.0. The van der Waals surface area contributed by atoms with Gasteiger partial charge >= 0.3 is 0 Å². The number of likely N-dealkylation sites (N-methyl/N-ethyl adjacent to an activating group) is 1. The van der Waals surface area contributed by atoms with Crippen molar-refractivity contribution < 1.29 is 4.74 Å². The molecule has 5 heteroatoms. The molecule has 1 fully saturated rings. The van der Waals surface area contributed by atoms with Gasteiger partial charge in [-0.3, -0.25) is 0 Å². The van der Waals surface area contributed by atoms with Crippen molar-refractivity contribution in [2.45, 2.75) is 38.6 Å². The van der Waals surface area contributed by atoms with Crippen LogP contribution >= 0.6 is 0 Å². The summed E-state index contributed by atoms with van der Waals surface area (Å²) in [5.41, 5.74) is 0.915. The minimum atomic E-state index is 0.610. The zero-order valence-electron chi connectivity index (χ0n) is 12.1. The molecular weight excluding hydrogens is 240 g/mol. The Morgan fingerprint density at radius 1 is 1.37 bits per heavy atom. The molecule has 0 aliphatic heterocycles. The molecule has 1 saturated carbocycles. The first kappa shape index (κ1) is 14.1. The fraction of sp³-hybridized carbons (Fsp3) is 0.714. The summed E-state index contributed by atoms with van der Waals surface area (Å²) in [6.45, 7) is 3.82. The van der Waals surface area contributed by atoms with Crippen LogP contribution in [0.15, 0.2) is 6.07 Å². The van der Waals surface area contributed by atoms with Gasteiger partial charge in [-0.25, -0.2) is 4.98 Å². The van der Waals surface area contributed by atoms with Crippen molar-refractivity contribution in [2.24, 2.45) is 0 Å². The van der Waals surface area contributed by atoms with E-state index in [9.17, 15) is 0 Å². The van der Waals surface area contributed by atoms with Gasteiger partial charge in [0.2, 0.25) is 11.8 Å². The number of methoxy groups -OCH3 is 1. The summed E-state index contributed by atoms with van der Waals surface area (Å²) in [4.78, 5) is 11.1. The SMILES string of the molecule is COc1cc(C)nc(NCCN(C)C2CCCC2)n1. The Hall–Kier alpha value is -1.36. The third kappa shape index (κ3) is 4.06. The van der Waals surface area contributed by atoms with Crippen LogP contribution in [0.3, 0.4) is 0 Å².